The van der Waals surface area contributed by atoms with Crippen molar-refractivity contribution >= 4 is 66.8 Å². The van der Waals surface area contributed by atoms with Crippen LogP contribution in [0.2, 0.25) is 33.2 Å². The summed E-state index contributed by atoms with van der Waals surface area (Å²) in [5, 5.41) is 2.60. The van der Waals surface area contributed by atoms with Crippen molar-refractivity contribution in [3.05, 3.63) is 65.4 Å². The minimum absolute atomic E-state index is 0. The molecule has 2 aromatic carbocycles. The van der Waals surface area contributed by atoms with Gasteiger partial charge in [0.2, 0.25) is 0 Å². The highest BCUT2D eigenvalue weighted by molar-refractivity contribution is 9.10. The van der Waals surface area contributed by atoms with E-state index in [2.05, 4.69) is 196 Å². The van der Waals surface area contributed by atoms with E-state index in [1.165, 1.54) is 31.7 Å². The summed E-state index contributed by atoms with van der Waals surface area (Å²) in [4.78, 5) is 0. The van der Waals surface area contributed by atoms with Crippen LogP contribution >= 0.6 is 15.9 Å². The van der Waals surface area contributed by atoms with Gasteiger partial charge >= 0.3 is 7.12 Å². The number of para-hydroxylation sites is 2. The first-order valence-corrected chi connectivity index (χ1v) is 23.6. The quantitative estimate of drug-likeness (QED) is 0.157. The topological polar surface area (TPSA) is 28.3 Å². The van der Waals surface area contributed by atoms with Crippen LogP contribution in [0.15, 0.2) is 65.4 Å². The number of aromatic nitrogens is 2. The average Bonchev–Trinajstić information content (AvgIpc) is 3.58. The predicted molar refractivity (Wildman–Crippen MR) is 247 cm³/mol. The minimum Gasteiger partial charge on any atom is -0.399 e. The standard InChI is InChI=1S/C23H38BNO2Si.C17H26BrNSi.4CH4/c1-16(2)28(17(3)4,18(5)6)25-15-20(19-13-11-12-14-21(19)25)24-26-22(7,8)23(9,10)27-24;1-12(2)20(13(3)4,14(5)6)19-11-16(18)15-9-7-8-10-17(15)19;;;;/h11-18H,1-10H3;7-14H,1-6H3;4*1H4. The van der Waals surface area contributed by atoms with Crippen LogP contribution in [-0.4, -0.2) is 43.3 Å². The SMILES string of the molecule is C.C.C.C.CC(C)[Si](C(C)C)(C(C)C)n1cc(B2OC(C)(C)C(C)(C)O2)c2ccccc21.CC(C)[Si](C(C)C)(C(C)C)n1cc(Br)c2ccccc21. The average molecular weight is 816 g/mol. The van der Waals surface area contributed by atoms with Crippen molar-refractivity contribution in [2.75, 3.05) is 0 Å². The first-order valence-electron chi connectivity index (χ1n) is 18.4. The van der Waals surface area contributed by atoms with E-state index in [0.29, 0.717) is 33.2 Å². The molecule has 1 aliphatic heterocycles. The highest BCUT2D eigenvalue weighted by Gasteiger charge is 2.53. The first-order chi connectivity index (χ1) is 22.2. The first kappa shape index (κ1) is 50.4. The van der Waals surface area contributed by atoms with Crippen molar-refractivity contribution in [1.82, 2.24) is 8.47 Å². The van der Waals surface area contributed by atoms with Crippen LogP contribution in [0.1, 0.15) is 140 Å². The summed E-state index contributed by atoms with van der Waals surface area (Å²) in [5.74, 6) is 0. The van der Waals surface area contributed by atoms with E-state index in [1.54, 1.807) is 0 Å². The number of hydrogen-bond acceptors (Lipinski definition) is 2. The van der Waals surface area contributed by atoms with Crippen LogP contribution in [0.5, 0.6) is 0 Å². The Hall–Kier alpha value is -1.58. The molecule has 0 spiro atoms. The Morgan fingerprint density at radius 2 is 0.827 bits per heavy atom. The van der Waals surface area contributed by atoms with Gasteiger partial charge in [-0.05, 0) is 101 Å². The normalized spacial score (nSPS) is 15.6. The molecule has 0 saturated carbocycles. The Labute approximate surface area is 333 Å². The largest absolute Gasteiger partial charge is 0.497 e. The molecule has 5 rings (SSSR count). The number of hydrogen-bond donors (Lipinski definition) is 0. The summed E-state index contributed by atoms with van der Waals surface area (Å²) in [6.07, 6.45) is 4.72. The fourth-order valence-electron chi connectivity index (χ4n) is 9.81. The zero-order valence-corrected chi connectivity index (χ0v) is 36.5. The lowest BCUT2D eigenvalue weighted by atomic mass is 9.79. The maximum Gasteiger partial charge on any atom is 0.497 e. The van der Waals surface area contributed by atoms with Crippen molar-refractivity contribution in [3.63, 3.8) is 0 Å². The highest BCUT2D eigenvalue weighted by Crippen LogP contribution is 2.46. The summed E-state index contributed by atoms with van der Waals surface area (Å²) in [6, 6.07) is 17.6. The molecular formula is C44H80BBrN2O2Si2. The third-order valence-electron chi connectivity index (χ3n) is 12.3. The second-order valence-electron chi connectivity index (χ2n) is 17.1. The van der Waals surface area contributed by atoms with Gasteiger partial charge < -0.3 is 17.8 Å². The smallest absolute Gasteiger partial charge is 0.399 e. The summed E-state index contributed by atoms with van der Waals surface area (Å²) in [6.45, 7) is 37.4. The maximum absolute atomic E-state index is 6.45. The van der Waals surface area contributed by atoms with Crippen molar-refractivity contribution in [1.29, 1.82) is 0 Å². The van der Waals surface area contributed by atoms with Crippen LogP contribution in [0.3, 0.4) is 0 Å². The Kier molecular flexibility index (Phi) is 17.8. The lowest BCUT2D eigenvalue weighted by molar-refractivity contribution is 0.00578. The fraction of sp³-hybridized carbons (Fsp3) is 0.636. The molecule has 0 atom stereocenters. The molecular weight excluding hydrogens is 735 g/mol. The van der Waals surface area contributed by atoms with Crippen molar-refractivity contribution in [3.8, 4) is 0 Å². The van der Waals surface area contributed by atoms with Gasteiger partial charge in [0.25, 0.3) is 0 Å². The Morgan fingerprint density at radius 3 is 1.19 bits per heavy atom. The summed E-state index contributed by atoms with van der Waals surface area (Å²) >= 11 is 3.76. The molecule has 0 radical (unpaired) electrons. The number of fused-ring (bicyclic) bond motifs is 2. The number of benzene rings is 2. The molecule has 0 aliphatic carbocycles. The molecule has 8 heteroatoms. The van der Waals surface area contributed by atoms with Crippen molar-refractivity contribution in [2.24, 2.45) is 0 Å². The number of halogens is 1. The van der Waals surface area contributed by atoms with Gasteiger partial charge in [0.15, 0.2) is 16.5 Å². The molecule has 4 aromatic rings. The molecule has 0 bridgehead atoms. The van der Waals surface area contributed by atoms with E-state index < -0.39 is 16.5 Å². The van der Waals surface area contributed by atoms with Gasteiger partial charge in [0.05, 0.1) is 11.2 Å². The zero-order valence-electron chi connectivity index (χ0n) is 32.9. The molecule has 0 N–H and O–H groups in total. The molecule has 0 amide bonds. The highest BCUT2D eigenvalue weighted by atomic mass is 79.9. The van der Waals surface area contributed by atoms with Gasteiger partial charge in [-0.1, -0.05) is 149 Å². The van der Waals surface area contributed by atoms with Crippen LogP contribution in [0, 0.1) is 0 Å². The number of nitrogens with zero attached hydrogens (tertiary/aromatic N) is 2. The minimum atomic E-state index is -1.86. The van der Waals surface area contributed by atoms with Crippen LogP contribution < -0.4 is 5.46 Å². The van der Waals surface area contributed by atoms with E-state index in [-0.39, 0.29) is 48.0 Å². The predicted octanol–water partition coefficient (Wildman–Crippen LogP) is 14.9. The van der Waals surface area contributed by atoms with Crippen LogP contribution in [0.4, 0.5) is 0 Å². The molecule has 1 fully saturated rings. The van der Waals surface area contributed by atoms with Gasteiger partial charge in [-0.3, -0.25) is 0 Å². The molecule has 1 aliphatic rings. The van der Waals surface area contributed by atoms with E-state index in [9.17, 15) is 0 Å². The summed E-state index contributed by atoms with van der Waals surface area (Å²) in [7, 11) is -3.85. The van der Waals surface area contributed by atoms with Gasteiger partial charge in [0, 0.05) is 32.6 Å². The lowest BCUT2D eigenvalue weighted by Gasteiger charge is -2.44. The molecule has 52 heavy (non-hydrogen) atoms. The van der Waals surface area contributed by atoms with E-state index >= 15 is 0 Å². The van der Waals surface area contributed by atoms with Crippen molar-refractivity contribution in [2.45, 2.75) is 185 Å². The van der Waals surface area contributed by atoms with E-state index in [4.69, 9.17) is 9.31 Å². The molecule has 3 heterocycles. The molecule has 0 unspecified atom stereocenters. The van der Waals surface area contributed by atoms with Gasteiger partial charge in [-0.2, -0.15) is 0 Å². The zero-order chi connectivity index (χ0) is 36.1. The fourth-order valence-corrected chi connectivity index (χ4v) is 23.8. The van der Waals surface area contributed by atoms with Crippen LogP contribution in [-0.2, 0) is 9.31 Å². The Bertz CT molecular complexity index is 1640. The third kappa shape index (κ3) is 8.17. The lowest BCUT2D eigenvalue weighted by Crippen LogP contribution is -2.52. The van der Waals surface area contributed by atoms with Crippen LogP contribution in [0.25, 0.3) is 21.8 Å². The molecule has 4 nitrogen and oxygen atoms in total. The van der Waals surface area contributed by atoms with Gasteiger partial charge in [-0.15, -0.1) is 0 Å². The molecule has 2 aromatic heterocycles. The third-order valence-corrected chi connectivity index (χ3v) is 26.4. The Balaban J connectivity index is 0.000000972. The second-order valence-corrected chi connectivity index (χ2v) is 29.4. The maximum atomic E-state index is 6.45. The summed E-state index contributed by atoms with van der Waals surface area (Å²) < 4.78 is 19.4. The van der Waals surface area contributed by atoms with E-state index in [0.717, 1.165) is 0 Å². The Morgan fingerprint density at radius 1 is 0.519 bits per heavy atom. The molecule has 1 saturated heterocycles. The summed E-state index contributed by atoms with van der Waals surface area (Å²) in [5.41, 5.74) is 7.27. The van der Waals surface area contributed by atoms with Gasteiger partial charge in [-0.25, -0.2) is 0 Å². The monoisotopic (exact) mass is 815 g/mol. The second kappa shape index (κ2) is 18.4. The van der Waals surface area contributed by atoms with Gasteiger partial charge in [0.1, 0.15) is 0 Å². The van der Waals surface area contributed by atoms with E-state index in [1.807, 2.05) is 0 Å². The van der Waals surface area contributed by atoms with Crippen molar-refractivity contribution < 1.29 is 9.31 Å². The molecule has 296 valence electrons. The number of rotatable bonds is 9.